The molecule has 30 heavy (non-hydrogen) atoms. The summed E-state index contributed by atoms with van der Waals surface area (Å²) in [6, 6.07) is 6.47. The van der Waals surface area contributed by atoms with Crippen LogP contribution in [0.25, 0.3) is 0 Å². The molecule has 0 bridgehead atoms. The van der Waals surface area contributed by atoms with Crippen molar-refractivity contribution in [2.24, 2.45) is 0 Å². The first kappa shape index (κ1) is 20.4. The second-order valence-corrected chi connectivity index (χ2v) is 8.46. The summed E-state index contributed by atoms with van der Waals surface area (Å²) in [5, 5.41) is 10.7. The number of nitrogens with zero attached hydrogens (tertiary/aromatic N) is 3. The minimum Gasteiger partial charge on any atom is -0.507 e. The summed E-state index contributed by atoms with van der Waals surface area (Å²) in [6.45, 7) is 1.53. The Kier molecular flexibility index (Phi) is 5.48. The van der Waals surface area contributed by atoms with Gasteiger partial charge in [0.1, 0.15) is 17.3 Å². The Morgan fingerprint density at radius 3 is 2.73 bits per heavy atom. The van der Waals surface area contributed by atoms with Gasteiger partial charge in [0.15, 0.2) is 0 Å². The molecule has 2 aromatic rings. The number of carbonyl (C=O) groups excluding carboxylic acids is 3. The third-order valence-corrected chi connectivity index (χ3v) is 6.70. The average molecular weight is 429 g/mol. The van der Waals surface area contributed by atoms with Crippen molar-refractivity contribution in [1.82, 2.24) is 9.80 Å². The van der Waals surface area contributed by atoms with E-state index in [0.717, 1.165) is 10.4 Å². The van der Waals surface area contributed by atoms with Crippen LogP contribution in [0.5, 0.6) is 5.75 Å². The van der Waals surface area contributed by atoms with E-state index in [1.165, 1.54) is 22.3 Å². The van der Waals surface area contributed by atoms with Crippen molar-refractivity contribution in [3.8, 4) is 5.75 Å². The summed E-state index contributed by atoms with van der Waals surface area (Å²) in [4.78, 5) is 44.3. The highest BCUT2D eigenvalue weighted by Crippen LogP contribution is 2.41. The molecule has 1 N–H and O–H groups in total. The van der Waals surface area contributed by atoms with Gasteiger partial charge in [0.2, 0.25) is 5.91 Å². The number of ether oxygens (including phenoxy) is 1. The number of amides is 3. The largest absolute Gasteiger partial charge is 0.507 e. The first-order chi connectivity index (χ1) is 14.4. The average Bonchev–Trinajstić information content (AvgIpc) is 3.07. The summed E-state index contributed by atoms with van der Waals surface area (Å²) in [6.07, 6.45) is 0.520. The number of phenolic OH excluding ortho intramolecular Hbond substituents is 1. The molecule has 3 amide bonds. The normalized spacial score (nSPS) is 16.4. The fourth-order valence-electron chi connectivity index (χ4n) is 3.87. The third kappa shape index (κ3) is 3.44. The Morgan fingerprint density at radius 2 is 2.00 bits per heavy atom. The van der Waals surface area contributed by atoms with Crippen molar-refractivity contribution < 1.29 is 24.2 Å². The summed E-state index contributed by atoms with van der Waals surface area (Å²) in [7, 11) is 3.20. The lowest BCUT2D eigenvalue weighted by Crippen LogP contribution is -2.39. The molecule has 2 aliphatic rings. The maximum Gasteiger partial charge on any atom is 0.257 e. The maximum absolute atomic E-state index is 13.0. The highest BCUT2D eigenvalue weighted by Gasteiger charge is 2.37. The van der Waals surface area contributed by atoms with E-state index >= 15 is 0 Å². The van der Waals surface area contributed by atoms with Crippen LogP contribution in [0, 0.1) is 0 Å². The van der Waals surface area contributed by atoms with E-state index < -0.39 is 0 Å². The van der Waals surface area contributed by atoms with Gasteiger partial charge in [0.05, 0.1) is 30.8 Å². The highest BCUT2D eigenvalue weighted by molar-refractivity contribution is 7.17. The van der Waals surface area contributed by atoms with E-state index in [4.69, 9.17) is 4.74 Å². The maximum atomic E-state index is 13.0. The van der Waals surface area contributed by atoms with Gasteiger partial charge < -0.3 is 19.6 Å². The van der Waals surface area contributed by atoms with Crippen molar-refractivity contribution >= 4 is 34.1 Å². The van der Waals surface area contributed by atoms with Gasteiger partial charge in [0, 0.05) is 25.6 Å². The van der Waals surface area contributed by atoms with Crippen LogP contribution in [0.15, 0.2) is 24.3 Å². The number of hydrogen-bond acceptors (Lipinski definition) is 6. The number of anilines is 1. The van der Waals surface area contributed by atoms with Crippen LogP contribution >= 0.6 is 11.3 Å². The predicted molar refractivity (Wildman–Crippen MR) is 112 cm³/mol. The quantitative estimate of drug-likeness (QED) is 0.799. The summed E-state index contributed by atoms with van der Waals surface area (Å²) < 4.78 is 5.15. The molecule has 0 atom stereocenters. The van der Waals surface area contributed by atoms with Crippen LogP contribution in [0.1, 0.15) is 31.2 Å². The number of methoxy groups -OCH3 is 1. The van der Waals surface area contributed by atoms with Gasteiger partial charge in [-0.3, -0.25) is 19.3 Å². The summed E-state index contributed by atoms with van der Waals surface area (Å²) in [5.74, 6) is -0.625. The lowest BCUT2D eigenvalue weighted by Gasteiger charge is -2.28. The Balaban J connectivity index is 1.69. The molecule has 0 unspecified atom stereocenters. The monoisotopic (exact) mass is 429 g/mol. The van der Waals surface area contributed by atoms with Gasteiger partial charge in [-0.05, 0) is 24.1 Å². The van der Waals surface area contributed by atoms with Gasteiger partial charge in [-0.2, -0.15) is 0 Å². The molecule has 0 saturated heterocycles. The number of fused-ring (bicyclic) bond motifs is 3. The molecule has 1 aromatic heterocycles. The first-order valence-corrected chi connectivity index (χ1v) is 10.5. The molecule has 8 nitrogen and oxygen atoms in total. The van der Waals surface area contributed by atoms with Crippen LogP contribution < -0.4 is 4.90 Å². The number of aromatic hydroxyl groups is 1. The van der Waals surface area contributed by atoms with Crippen LogP contribution in [0.4, 0.5) is 5.00 Å². The fourth-order valence-corrected chi connectivity index (χ4v) is 5.27. The lowest BCUT2D eigenvalue weighted by molar-refractivity contribution is -0.119. The number of rotatable bonds is 4. The van der Waals surface area contributed by atoms with Crippen LogP contribution in [-0.2, 0) is 22.5 Å². The van der Waals surface area contributed by atoms with Crippen LogP contribution in [-0.4, -0.2) is 73.0 Å². The van der Waals surface area contributed by atoms with Crippen molar-refractivity contribution in [3.63, 3.8) is 0 Å². The predicted octanol–water partition coefficient (Wildman–Crippen LogP) is 1.72. The topological polar surface area (TPSA) is 90.4 Å². The zero-order chi connectivity index (χ0) is 21.4. The first-order valence-electron chi connectivity index (χ1n) is 9.69. The van der Waals surface area contributed by atoms with E-state index in [-0.39, 0.29) is 35.6 Å². The Hall–Kier alpha value is -2.91. The Morgan fingerprint density at radius 1 is 1.23 bits per heavy atom. The van der Waals surface area contributed by atoms with Crippen LogP contribution in [0.3, 0.4) is 0 Å². The second-order valence-electron chi connectivity index (χ2n) is 7.38. The SMILES string of the molecule is COCCN1C(=O)CN(C)C(=O)c2c1sc1c2CCN(C(=O)c2ccccc2O)C1. The van der Waals surface area contributed by atoms with Crippen molar-refractivity contribution in [2.45, 2.75) is 13.0 Å². The molecule has 0 radical (unpaired) electrons. The zero-order valence-electron chi connectivity index (χ0n) is 16.9. The molecule has 9 heteroatoms. The number of likely N-dealkylation sites (N-methyl/N-ethyl adjacent to an activating group) is 1. The molecular formula is C21H23N3O5S. The van der Waals surface area contributed by atoms with Gasteiger partial charge in [-0.25, -0.2) is 0 Å². The molecular weight excluding hydrogens is 406 g/mol. The molecule has 2 aliphatic heterocycles. The Bertz CT molecular complexity index is 1020. The molecule has 158 valence electrons. The third-order valence-electron chi connectivity index (χ3n) is 5.46. The summed E-state index contributed by atoms with van der Waals surface area (Å²) >= 11 is 1.39. The molecule has 0 fully saturated rings. The number of benzene rings is 1. The van der Waals surface area contributed by atoms with Crippen molar-refractivity contribution in [2.75, 3.05) is 45.3 Å². The molecule has 0 saturated carbocycles. The van der Waals surface area contributed by atoms with E-state index in [0.29, 0.717) is 43.2 Å². The number of carbonyl (C=O) groups is 3. The van der Waals surface area contributed by atoms with E-state index in [1.807, 2.05) is 0 Å². The summed E-state index contributed by atoms with van der Waals surface area (Å²) in [5.41, 5.74) is 1.73. The standard InChI is InChI=1S/C21H23N3O5S/c1-22-12-17(26)24(9-10-29-2)21-18(20(22)28)14-7-8-23(11-16(14)30-21)19(27)13-5-3-4-6-15(13)25/h3-6,25H,7-12H2,1-2H3. The number of para-hydroxylation sites is 1. The second kappa shape index (κ2) is 8.08. The van der Waals surface area contributed by atoms with Crippen LogP contribution in [0.2, 0.25) is 0 Å². The van der Waals surface area contributed by atoms with Gasteiger partial charge in [-0.1, -0.05) is 12.1 Å². The van der Waals surface area contributed by atoms with Crippen molar-refractivity contribution in [3.05, 3.63) is 45.8 Å². The van der Waals surface area contributed by atoms with E-state index in [1.54, 1.807) is 42.2 Å². The Labute approximate surface area is 178 Å². The van der Waals surface area contributed by atoms with Gasteiger partial charge in [0.25, 0.3) is 11.8 Å². The van der Waals surface area contributed by atoms with Gasteiger partial charge in [-0.15, -0.1) is 11.3 Å². The fraction of sp³-hybridized carbons (Fsp3) is 0.381. The van der Waals surface area contributed by atoms with Crippen molar-refractivity contribution in [1.29, 1.82) is 0 Å². The molecule has 0 aliphatic carbocycles. The van der Waals surface area contributed by atoms with E-state index in [2.05, 4.69) is 0 Å². The molecule has 1 aromatic carbocycles. The smallest absolute Gasteiger partial charge is 0.257 e. The molecule has 3 heterocycles. The molecule has 4 rings (SSSR count). The minimum absolute atomic E-state index is 0.0244. The number of thiophene rings is 1. The molecule has 0 spiro atoms. The highest BCUT2D eigenvalue weighted by atomic mass is 32.1. The van der Waals surface area contributed by atoms with E-state index in [9.17, 15) is 19.5 Å². The zero-order valence-corrected chi connectivity index (χ0v) is 17.7. The number of phenols is 1. The van der Waals surface area contributed by atoms with Gasteiger partial charge >= 0.3 is 0 Å². The lowest BCUT2D eigenvalue weighted by atomic mass is 10.0. The number of hydrogen-bond donors (Lipinski definition) is 1. The minimum atomic E-state index is -0.252.